The number of pyridine rings is 1. The summed E-state index contributed by atoms with van der Waals surface area (Å²) in [6.07, 6.45) is 4.97. The number of halogens is 1. The second-order valence-corrected chi connectivity index (χ2v) is 5.38. The Morgan fingerprint density at radius 1 is 1.38 bits per heavy atom. The van der Waals surface area contributed by atoms with Gasteiger partial charge in [0.15, 0.2) is 0 Å². The van der Waals surface area contributed by atoms with Crippen LogP contribution in [0, 0.1) is 0 Å². The van der Waals surface area contributed by atoms with Gasteiger partial charge in [-0.3, -0.25) is 9.88 Å². The van der Waals surface area contributed by atoms with Crippen LogP contribution in [-0.4, -0.2) is 47.0 Å². The van der Waals surface area contributed by atoms with Crippen LogP contribution in [0.5, 0.6) is 0 Å². The van der Waals surface area contributed by atoms with Crippen molar-refractivity contribution in [2.45, 2.75) is 25.0 Å². The standard InChI is InChI=1S/C12H16ClN3/c1-15-7-11-3-12(8-15)16(11)6-9-2-10(13)5-14-4-9/h2,4-5,11-12H,3,6-8H2,1H3. The van der Waals surface area contributed by atoms with Crippen LogP contribution in [0.2, 0.25) is 5.02 Å². The maximum absolute atomic E-state index is 5.94. The molecule has 4 heterocycles. The zero-order valence-electron chi connectivity index (χ0n) is 9.43. The lowest BCUT2D eigenvalue weighted by molar-refractivity contribution is -0.0668. The van der Waals surface area contributed by atoms with Crippen LogP contribution in [0.25, 0.3) is 0 Å². The molecule has 86 valence electrons. The molecule has 4 rings (SSSR count). The van der Waals surface area contributed by atoms with Crippen LogP contribution in [0.15, 0.2) is 18.5 Å². The topological polar surface area (TPSA) is 19.4 Å². The molecular weight excluding hydrogens is 222 g/mol. The summed E-state index contributed by atoms with van der Waals surface area (Å²) in [6.45, 7) is 3.39. The first-order valence-corrected chi connectivity index (χ1v) is 6.14. The number of nitrogens with zero attached hydrogens (tertiary/aromatic N) is 3. The van der Waals surface area contributed by atoms with Gasteiger partial charge < -0.3 is 4.90 Å². The van der Waals surface area contributed by atoms with Gasteiger partial charge in [0.2, 0.25) is 0 Å². The molecule has 2 atom stereocenters. The number of fused-ring (bicyclic) bond motifs is 2. The maximum atomic E-state index is 5.94. The molecule has 2 bridgehead atoms. The number of piperazine rings is 1. The lowest BCUT2D eigenvalue weighted by atomic mass is 9.87. The fraction of sp³-hybridized carbons (Fsp3) is 0.583. The Bertz CT molecular complexity index is 384. The van der Waals surface area contributed by atoms with Gasteiger partial charge in [0.1, 0.15) is 0 Å². The Kier molecular flexibility index (Phi) is 2.62. The van der Waals surface area contributed by atoms with Crippen molar-refractivity contribution in [3.63, 3.8) is 0 Å². The summed E-state index contributed by atoms with van der Waals surface area (Å²) in [4.78, 5) is 9.13. The molecule has 2 unspecified atom stereocenters. The second kappa shape index (κ2) is 3.99. The molecule has 0 aromatic carbocycles. The smallest absolute Gasteiger partial charge is 0.0592 e. The monoisotopic (exact) mass is 237 g/mol. The SMILES string of the molecule is CN1CC2CC(C1)N2Cc1cncc(Cl)c1. The van der Waals surface area contributed by atoms with Crippen molar-refractivity contribution in [3.8, 4) is 0 Å². The van der Waals surface area contributed by atoms with Crippen molar-refractivity contribution in [1.29, 1.82) is 0 Å². The van der Waals surface area contributed by atoms with Crippen molar-refractivity contribution in [2.75, 3.05) is 20.1 Å². The Morgan fingerprint density at radius 3 is 2.81 bits per heavy atom. The second-order valence-electron chi connectivity index (χ2n) is 4.95. The largest absolute Gasteiger partial charge is 0.303 e. The minimum absolute atomic E-state index is 0.736. The number of aromatic nitrogens is 1. The molecule has 0 aliphatic carbocycles. The highest BCUT2D eigenvalue weighted by molar-refractivity contribution is 6.30. The Balaban J connectivity index is 1.68. The molecular formula is C12H16ClN3. The Morgan fingerprint density at radius 2 is 2.12 bits per heavy atom. The lowest BCUT2D eigenvalue weighted by Gasteiger charge is -2.55. The normalized spacial score (nSPS) is 30.1. The molecule has 3 fully saturated rings. The summed E-state index contributed by atoms with van der Waals surface area (Å²) in [5, 5.41) is 0.736. The number of likely N-dealkylation sites (N-methyl/N-ethyl adjacent to an activating group) is 1. The first-order valence-electron chi connectivity index (χ1n) is 5.76. The van der Waals surface area contributed by atoms with Gasteiger partial charge in [-0.2, -0.15) is 0 Å². The molecule has 4 heteroatoms. The van der Waals surface area contributed by atoms with E-state index in [0.29, 0.717) is 0 Å². The molecule has 0 N–H and O–H groups in total. The highest BCUT2D eigenvalue weighted by atomic mass is 35.5. The predicted molar refractivity (Wildman–Crippen MR) is 64.5 cm³/mol. The van der Waals surface area contributed by atoms with Gasteiger partial charge in [-0.15, -0.1) is 0 Å². The van der Waals surface area contributed by atoms with E-state index in [-0.39, 0.29) is 0 Å². The van der Waals surface area contributed by atoms with Crippen LogP contribution < -0.4 is 0 Å². The van der Waals surface area contributed by atoms with Crippen molar-refractivity contribution in [1.82, 2.24) is 14.8 Å². The summed E-state index contributed by atoms with van der Waals surface area (Å²) in [6, 6.07) is 3.50. The highest BCUT2D eigenvalue weighted by Crippen LogP contribution is 2.33. The van der Waals surface area contributed by atoms with Crippen molar-refractivity contribution < 1.29 is 0 Å². The number of hydrogen-bond donors (Lipinski definition) is 0. The third-order valence-electron chi connectivity index (χ3n) is 3.65. The molecule has 3 nitrogen and oxygen atoms in total. The van der Waals surface area contributed by atoms with Gasteiger partial charge in [0.25, 0.3) is 0 Å². The average Bonchev–Trinajstić information content (AvgIpc) is 2.26. The minimum atomic E-state index is 0.736. The first kappa shape index (κ1) is 10.5. The molecule has 0 spiro atoms. The maximum Gasteiger partial charge on any atom is 0.0592 e. The number of piperidine rings is 1. The van der Waals surface area contributed by atoms with Gasteiger partial charge in [-0.05, 0) is 25.1 Å². The first-order chi connectivity index (χ1) is 7.72. The fourth-order valence-corrected chi connectivity index (χ4v) is 3.11. The lowest BCUT2D eigenvalue weighted by Crippen LogP contribution is -2.67. The molecule has 3 saturated heterocycles. The van der Waals surface area contributed by atoms with Gasteiger partial charge in [0.05, 0.1) is 5.02 Å². The molecule has 0 radical (unpaired) electrons. The van der Waals surface area contributed by atoms with Crippen LogP contribution in [-0.2, 0) is 6.54 Å². The van der Waals surface area contributed by atoms with E-state index in [1.165, 1.54) is 25.1 Å². The van der Waals surface area contributed by atoms with Crippen molar-refractivity contribution in [3.05, 3.63) is 29.0 Å². The highest BCUT2D eigenvalue weighted by Gasteiger charge is 2.43. The van der Waals surface area contributed by atoms with Crippen molar-refractivity contribution >= 4 is 11.6 Å². The molecule has 1 aromatic rings. The molecule has 16 heavy (non-hydrogen) atoms. The molecule has 1 aromatic heterocycles. The van der Waals surface area contributed by atoms with E-state index in [9.17, 15) is 0 Å². The van der Waals surface area contributed by atoms with E-state index in [1.54, 1.807) is 6.20 Å². The quantitative estimate of drug-likeness (QED) is 0.780. The van der Waals surface area contributed by atoms with Gasteiger partial charge in [-0.25, -0.2) is 0 Å². The summed E-state index contributed by atoms with van der Waals surface area (Å²) in [5.74, 6) is 0. The van der Waals surface area contributed by atoms with E-state index in [0.717, 1.165) is 23.7 Å². The minimum Gasteiger partial charge on any atom is -0.303 e. The van der Waals surface area contributed by atoms with Crippen molar-refractivity contribution in [2.24, 2.45) is 0 Å². The van der Waals surface area contributed by atoms with Crippen LogP contribution >= 0.6 is 11.6 Å². The zero-order chi connectivity index (χ0) is 11.1. The molecule has 0 saturated carbocycles. The summed E-state index contributed by atoms with van der Waals surface area (Å²) < 4.78 is 0. The zero-order valence-corrected chi connectivity index (χ0v) is 10.2. The average molecular weight is 238 g/mol. The Hall–Kier alpha value is -0.640. The Labute approximate surface area is 101 Å². The third-order valence-corrected chi connectivity index (χ3v) is 3.86. The van der Waals surface area contributed by atoms with E-state index < -0.39 is 0 Å². The van der Waals surface area contributed by atoms with Gasteiger partial charge in [-0.1, -0.05) is 11.6 Å². The predicted octanol–water partition coefficient (Wildman–Crippen LogP) is 1.62. The third kappa shape index (κ3) is 1.83. The van der Waals surface area contributed by atoms with Crippen LogP contribution in [0.4, 0.5) is 0 Å². The number of hydrogen-bond acceptors (Lipinski definition) is 3. The van der Waals surface area contributed by atoms with E-state index >= 15 is 0 Å². The van der Waals surface area contributed by atoms with E-state index in [1.807, 2.05) is 12.3 Å². The summed E-state index contributed by atoms with van der Waals surface area (Å²) in [5.41, 5.74) is 1.23. The molecule has 0 amide bonds. The fourth-order valence-electron chi connectivity index (χ4n) is 2.91. The van der Waals surface area contributed by atoms with Gasteiger partial charge >= 0.3 is 0 Å². The summed E-state index contributed by atoms with van der Waals surface area (Å²) >= 11 is 5.94. The van der Waals surface area contributed by atoms with E-state index in [4.69, 9.17) is 11.6 Å². The van der Waals surface area contributed by atoms with E-state index in [2.05, 4.69) is 21.8 Å². The van der Waals surface area contributed by atoms with Gasteiger partial charge in [0, 0.05) is 44.1 Å². The van der Waals surface area contributed by atoms with Crippen LogP contribution in [0.1, 0.15) is 12.0 Å². The summed E-state index contributed by atoms with van der Waals surface area (Å²) in [7, 11) is 2.21. The number of rotatable bonds is 2. The molecule has 3 aliphatic heterocycles. The molecule has 3 aliphatic rings. The van der Waals surface area contributed by atoms with Crippen LogP contribution in [0.3, 0.4) is 0 Å².